The fraction of sp³-hybridized carbons (Fsp3) is 0.389. The maximum absolute atomic E-state index is 12.0. The van der Waals surface area contributed by atoms with Crippen molar-refractivity contribution in [2.45, 2.75) is 26.3 Å². The van der Waals surface area contributed by atoms with Crippen molar-refractivity contribution in [3.63, 3.8) is 0 Å². The summed E-state index contributed by atoms with van der Waals surface area (Å²) in [4.78, 5) is 35.8. The Hall–Kier alpha value is -2.54. The lowest BCUT2D eigenvalue weighted by atomic mass is 9.99. The van der Waals surface area contributed by atoms with Crippen LogP contribution in [0.3, 0.4) is 0 Å². The van der Waals surface area contributed by atoms with Crippen LogP contribution in [-0.4, -0.2) is 37.6 Å². The summed E-state index contributed by atoms with van der Waals surface area (Å²) in [5.41, 5.74) is 0.480. The van der Waals surface area contributed by atoms with Gasteiger partial charge in [-0.2, -0.15) is 0 Å². The number of ether oxygens (including phenoxy) is 2. The van der Waals surface area contributed by atoms with Crippen molar-refractivity contribution in [2.24, 2.45) is 5.92 Å². The quantitative estimate of drug-likeness (QED) is 0.741. The molecule has 0 aliphatic rings. The molecule has 1 heterocycles. The Morgan fingerprint density at radius 3 is 2.65 bits per heavy atom. The largest absolute Gasteiger partial charge is 0.467 e. The summed E-state index contributed by atoms with van der Waals surface area (Å²) in [5, 5.41) is 3.68. The topological polar surface area (TPSA) is 94.8 Å². The van der Waals surface area contributed by atoms with Gasteiger partial charge in [0.25, 0.3) is 5.91 Å². The van der Waals surface area contributed by atoms with Gasteiger partial charge in [0.1, 0.15) is 11.6 Å². The van der Waals surface area contributed by atoms with Gasteiger partial charge in [-0.25, -0.2) is 9.59 Å². The van der Waals surface area contributed by atoms with E-state index in [1.165, 1.54) is 13.2 Å². The lowest BCUT2D eigenvalue weighted by molar-refractivity contribution is -0.147. The Labute approximate surface area is 155 Å². The lowest BCUT2D eigenvalue weighted by Gasteiger charge is -2.21. The molecule has 0 fully saturated rings. The predicted molar refractivity (Wildman–Crippen MR) is 94.9 cm³/mol. The molecule has 0 aliphatic heterocycles. The highest BCUT2D eigenvalue weighted by Crippen LogP contribution is 2.23. The number of fused-ring (bicyclic) bond motifs is 1. The molecule has 1 aromatic carbocycles. The predicted octanol–water partition coefficient (Wildman–Crippen LogP) is 2.95. The molecule has 1 amide bonds. The normalized spacial score (nSPS) is 13.1. The second kappa shape index (κ2) is 8.71. The Balaban J connectivity index is 1.96. The second-order valence-corrected chi connectivity index (χ2v) is 6.26. The fourth-order valence-corrected chi connectivity index (χ4v) is 2.51. The number of methoxy groups -OCH3 is 1. The van der Waals surface area contributed by atoms with Gasteiger partial charge in [0.15, 0.2) is 6.61 Å². The SMILES string of the molecule is CC[C@H](C)[C@H](NC(=O)COC(=O)c1cc2cc(Cl)ccc2o1)C(=O)OC. The molecule has 0 saturated heterocycles. The molecule has 7 nitrogen and oxygen atoms in total. The molecular weight excluding hydrogens is 362 g/mol. The van der Waals surface area contributed by atoms with Crippen LogP contribution in [0.5, 0.6) is 0 Å². The number of amides is 1. The van der Waals surface area contributed by atoms with E-state index in [0.717, 1.165) is 0 Å². The number of carbonyl (C=O) groups is 3. The van der Waals surface area contributed by atoms with E-state index in [1.54, 1.807) is 18.2 Å². The van der Waals surface area contributed by atoms with Crippen LogP contribution in [0.2, 0.25) is 5.02 Å². The molecule has 140 valence electrons. The van der Waals surface area contributed by atoms with E-state index in [9.17, 15) is 14.4 Å². The molecule has 0 radical (unpaired) electrons. The summed E-state index contributed by atoms with van der Waals surface area (Å²) >= 11 is 5.89. The molecule has 8 heteroatoms. The summed E-state index contributed by atoms with van der Waals surface area (Å²) < 4.78 is 15.0. The van der Waals surface area contributed by atoms with Crippen LogP contribution in [-0.2, 0) is 19.1 Å². The van der Waals surface area contributed by atoms with Crippen LogP contribution >= 0.6 is 11.6 Å². The molecule has 0 saturated carbocycles. The Bertz CT molecular complexity index is 815. The van der Waals surface area contributed by atoms with E-state index < -0.39 is 30.5 Å². The smallest absolute Gasteiger partial charge is 0.374 e. The number of carbonyl (C=O) groups excluding carboxylic acids is 3. The van der Waals surface area contributed by atoms with Crippen LogP contribution in [0, 0.1) is 5.92 Å². The van der Waals surface area contributed by atoms with Gasteiger partial charge in [-0.15, -0.1) is 0 Å². The molecule has 0 aliphatic carbocycles. The van der Waals surface area contributed by atoms with E-state index >= 15 is 0 Å². The van der Waals surface area contributed by atoms with Crippen molar-refractivity contribution < 1.29 is 28.3 Å². The van der Waals surface area contributed by atoms with Crippen molar-refractivity contribution in [3.05, 3.63) is 35.0 Å². The first-order chi connectivity index (χ1) is 12.3. The number of hydrogen-bond acceptors (Lipinski definition) is 6. The number of furan rings is 1. The van der Waals surface area contributed by atoms with Gasteiger partial charge >= 0.3 is 11.9 Å². The van der Waals surface area contributed by atoms with Crippen molar-refractivity contribution in [2.75, 3.05) is 13.7 Å². The third-order valence-electron chi connectivity index (χ3n) is 4.00. The minimum Gasteiger partial charge on any atom is -0.467 e. The number of halogens is 1. The van der Waals surface area contributed by atoms with E-state index in [0.29, 0.717) is 22.4 Å². The van der Waals surface area contributed by atoms with Gasteiger partial charge in [-0.05, 0) is 30.2 Å². The fourth-order valence-electron chi connectivity index (χ4n) is 2.33. The Morgan fingerprint density at radius 2 is 2.00 bits per heavy atom. The maximum Gasteiger partial charge on any atom is 0.374 e. The number of hydrogen-bond donors (Lipinski definition) is 1. The standard InChI is InChI=1S/C18H20ClNO6/c1-4-10(2)16(18(23)24-3)20-15(21)9-25-17(22)14-8-11-7-12(19)5-6-13(11)26-14/h5-8,10,16H,4,9H2,1-3H3,(H,20,21)/t10-,16-/m0/s1. The zero-order valence-corrected chi connectivity index (χ0v) is 15.5. The van der Waals surface area contributed by atoms with Crippen molar-refractivity contribution in [1.29, 1.82) is 0 Å². The molecule has 1 aromatic heterocycles. The molecule has 0 bridgehead atoms. The molecule has 0 unspecified atom stereocenters. The van der Waals surface area contributed by atoms with Crippen LogP contribution in [0.15, 0.2) is 28.7 Å². The highest BCUT2D eigenvalue weighted by atomic mass is 35.5. The molecule has 0 spiro atoms. The van der Waals surface area contributed by atoms with Gasteiger partial charge in [-0.3, -0.25) is 4.79 Å². The average molecular weight is 382 g/mol. The third-order valence-corrected chi connectivity index (χ3v) is 4.23. The van der Waals surface area contributed by atoms with Crippen LogP contribution < -0.4 is 5.32 Å². The number of benzene rings is 1. The Morgan fingerprint density at radius 1 is 1.27 bits per heavy atom. The highest BCUT2D eigenvalue weighted by Gasteiger charge is 2.27. The molecule has 26 heavy (non-hydrogen) atoms. The molecule has 2 atom stereocenters. The summed E-state index contributed by atoms with van der Waals surface area (Å²) in [6.07, 6.45) is 0.668. The summed E-state index contributed by atoms with van der Waals surface area (Å²) in [6, 6.07) is 5.60. The maximum atomic E-state index is 12.0. The van der Waals surface area contributed by atoms with E-state index in [1.807, 2.05) is 13.8 Å². The van der Waals surface area contributed by atoms with E-state index in [2.05, 4.69) is 10.1 Å². The van der Waals surface area contributed by atoms with Gasteiger partial charge in [-0.1, -0.05) is 31.9 Å². The molecule has 1 N–H and O–H groups in total. The minimum atomic E-state index is -0.801. The van der Waals surface area contributed by atoms with Gasteiger partial charge in [0.05, 0.1) is 7.11 Å². The third kappa shape index (κ3) is 4.76. The summed E-state index contributed by atoms with van der Waals surface area (Å²) in [7, 11) is 1.25. The summed E-state index contributed by atoms with van der Waals surface area (Å²) in [6.45, 7) is 3.16. The molecule has 2 rings (SSSR count). The van der Waals surface area contributed by atoms with Crippen molar-refractivity contribution in [3.8, 4) is 0 Å². The first kappa shape index (κ1) is 19.8. The van der Waals surface area contributed by atoms with Crippen molar-refractivity contribution in [1.82, 2.24) is 5.32 Å². The molecular formula is C18H20ClNO6. The van der Waals surface area contributed by atoms with E-state index in [4.69, 9.17) is 20.8 Å². The Kier molecular flexibility index (Phi) is 6.63. The first-order valence-corrected chi connectivity index (χ1v) is 8.47. The number of nitrogens with one attached hydrogen (secondary N) is 1. The molecule has 2 aromatic rings. The van der Waals surface area contributed by atoms with Gasteiger partial charge < -0.3 is 19.2 Å². The second-order valence-electron chi connectivity index (χ2n) is 5.82. The number of esters is 2. The minimum absolute atomic E-state index is 0.0403. The van der Waals surface area contributed by atoms with Crippen LogP contribution in [0.25, 0.3) is 11.0 Å². The lowest BCUT2D eigenvalue weighted by Crippen LogP contribution is -2.47. The van der Waals surface area contributed by atoms with Gasteiger partial charge in [0.2, 0.25) is 5.76 Å². The zero-order valence-electron chi connectivity index (χ0n) is 14.7. The highest BCUT2D eigenvalue weighted by molar-refractivity contribution is 6.31. The van der Waals surface area contributed by atoms with Gasteiger partial charge in [0, 0.05) is 10.4 Å². The summed E-state index contributed by atoms with van der Waals surface area (Å²) in [5.74, 6) is -2.10. The zero-order chi connectivity index (χ0) is 19.3. The monoisotopic (exact) mass is 381 g/mol. The number of rotatable bonds is 7. The first-order valence-electron chi connectivity index (χ1n) is 8.09. The van der Waals surface area contributed by atoms with E-state index in [-0.39, 0.29) is 11.7 Å². The average Bonchev–Trinajstić information content (AvgIpc) is 3.06. The van der Waals surface area contributed by atoms with Crippen LogP contribution in [0.4, 0.5) is 0 Å². The van der Waals surface area contributed by atoms with Crippen molar-refractivity contribution >= 4 is 40.4 Å². The van der Waals surface area contributed by atoms with Crippen LogP contribution in [0.1, 0.15) is 30.8 Å².